The number of para-hydroxylation sites is 1. The lowest BCUT2D eigenvalue weighted by molar-refractivity contribution is -0.113. The van der Waals surface area contributed by atoms with Gasteiger partial charge in [0.15, 0.2) is 5.16 Å². The van der Waals surface area contributed by atoms with Crippen LogP contribution in [0.5, 0.6) is 0 Å². The average molecular weight is 341 g/mol. The van der Waals surface area contributed by atoms with Gasteiger partial charge in [0.2, 0.25) is 5.91 Å². The minimum Gasteiger partial charge on any atom is -0.383 e. The van der Waals surface area contributed by atoms with Gasteiger partial charge in [-0.25, -0.2) is 9.97 Å². The van der Waals surface area contributed by atoms with Crippen LogP contribution < -0.4 is 11.1 Å². The standard InChI is InChI=1S/C15H11N5OS2/c16-7-9-3-1-2-4-11(9)18-12(21)8-23-15-19-13(17)10-5-6-22-14(10)20-15/h1-6H,8H2,(H,18,21)(H2,17,19,20). The number of nitriles is 1. The molecule has 0 aliphatic carbocycles. The number of thioether (sulfide) groups is 1. The number of thiophene rings is 1. The van der Waals surface area contributed by atoms with E-state index in [9.17, 15) is 4.79 Å². The molecule has 2 heterocycles. The van der Waals surface area contributed by atoms with Gasteiger partial charge < -0.3 is 11.1 Å². The summed E-state index contributed by atoms with van der Waals surface area (Å²) in [4.78, 5) is 21.4. The van der Waals surface area contributed by atoms with Crippen molar-refractivity contribution >= 4 is 50.7 Å². The van der Waals surface area contributed by atoms with E-state index < -0.39 is 0 Å². The predicted molar refractivity (Wildman–Crippen MR) is 92.3 cm³/mol. The van der Waals surface area contributed by atoms with Gasteiger partial charge in [-0.2, -0.15) is 5.26 Å². The Hall–Kier alpha value is -2.63. The number of aromatic nitrogens is 2. The van der Waals surface area contributed by atoms with Crippen LogP contribution in [0.4, 0.5) is 11.5 Å². The van der Waals surface area contributed by atoms with Gasteiger partial charge in [-0.15, -0.1) is 11.3 Å². The summed E-state index contributed by atoms with van der Waals surface area (Å²) in [6, 6.07) is 10.8. The quantitative estimate of drug-likeness (QED) is 0.558. The van der Waals surface area contributed by atoms with E-state index in [0.29, 0.717) is 22.2 Å². The molecule has 8 heteroatoms. The van der Waals surface area contributed by atoms with Crippen LogP contribution in [0.3, 0.4) is 0 Å². The fraction of sp³-hybridized carbons (Fsp3) is 0.0667. The zero-order valence-electron chi connectivity index (χ0n) is 11.8. The summed E-state index contributed by atoms with van der Waals surface area (Å²) in [7, 11) is 0. The molecule has 0 fully saturated rings. The van der Waals surface area contributed by atoms with Crippen molar-refractivity contribution in [3.63, 3.8) is 0 Å². The molecule has 0 saturated heterocycles. The summed E-state index contributed by atoms with van der Waals surface area (Å²) >= 11 is 2.68. The van der Waals surface area contributed by atoms with Gasteiger partial charge in [-0.05, 0) is 23.6 Å². The molecule has 3 N–H and O–H groups in total. The van der Waals surface area contributed by atoms with Gasteiger partial charge >= 0.3 is 0 Å². The van der Waals surface area contributed by atoms with Crippen LogP contribution in [0.1, 0.15) is 5.56 Å². The third-order valence-corrected chi connectivity index (χ3v) is 4.64. The molecule has 6 nitrogen and oxygen atoms in total. The monoisotopic (exact) mass is 341 g/mol. The van der Waals surface area contributed by atoms with Gasteiger partial charge in [-0.3, -0.25) is 4.79 Å². The van der Waals surface area contributed by atoms with Crippen LogP contribution in [-0.4, -0.2) is 21.6 Å². The zero-order chi connectivity index (χ0) is 16.2. The van der Waals surface area contributed by atoms with Gasteiger partial charge in [0.1, 0.15) is 16.7 Å². The first kappa shape index (κ1) is 15.3. The lowest BCUT2D eigenvalue weighted by Crippen LogP contribution is -2.15. The Morgan fingerprint density at radius 1 is 1.35 bits per heavy atom. The average Bonchev–Trinajstić information content (AvgIpc) is 3.02. The van der Waals surface area contributed by atoms with Crippen molar-refractivity contribution in [1.82, 2.24) is 9.97 Å². The van der Waals surface area contributed by atoms with Crippen LogP contribution in [0.2, 0.25) is 0 Å². The maximum atomic E-state index is 12.0. The molecule has 2 aromatic heterocycles. The van der Waals surface area contributed by atoms with Crippen molar-refractivity contribution in [1.29, 1.82) is 5.26 Å². The second-order valence-electron chi connectivity index (χ2n) is 4.53. The number of nitrogen functional groups attached to an aromatic ring is 1. The lowest BCUT2D eigenvalue weighted by Gasteiger charge is -2.06. The summed E-state index contributed by atoms with van der Waals surface area (Å²) in [5, 5.41) is 14.9. The van der Waals surface area contributed by atoms with Crippen LogP contribution in [0, 0.1) is 11.3 Å². The van der Waals surface area contributed by atoms with Crippen molar-refractivity contribution in [3.8, 4) is 6.07 Å². The van der Waals surface area contributed by atoms with E-state index in [1.165, 1.54) is 23.1 Å². The molecule has 1 aromatic carbocycles. The highest BCUT2D eigenvalue weighted by molar-refractivity contribution is 7.99. The minimum absolute atomic E-state index is 0.135. The molecule has 0 saturated carbocycles. The predicted octanol–water partition coefficient (Wildman–Crippen LogP) is 2.88. The van der Waals surface area contributed by atoms with Crippen LogP contribution in [0.25, 0.3) is 10.2 Å². The fourth-order valence-electron chi connectivity index (χ4n) is 1.93. The zero-order valence-corrected chi connectivity index (χ0v) is 13.4. The molecule has 3 aromatic rings. The number of amides is 1. The number of nitrogens with one attached hydrogen (secondary N) is 1. The number of carbonyl (C=O) groups excluding carboxylic acids is 1. The van der Waals surface area contributed by atoms with E-state index in [2.05, 4.69) is 15.3 Å². The molecule has 3 rings (SSSR count). The molecule has 23 heavy (non-hydrogen) atoms. The number of fused-ring (bicyclic) bond motifs is 1. The molecular formula is C15H11N5OS2. The van der Waals surface area contributed by atoms with E-state index >= 15 is 0 Å². The molecular weight excluding hydrogens is 330 g/mol. The summed E-state index contributed by atoms with van der Waals surface area (Å²) in [6.07, 6.45) is 0. The highest BCUT2D eigenvalue weighted by Crippen LogP contribution is 2.26. The van der Waals surface area contributed by atoms with Crippen LogP contribution in [-0.2, 0) is 4.79 Å². The summed E-state index contributed by atoms with van der Waals surface area (Å²) < 4.78 is 0. The van der Waals surface area contributed by atoms with Gasteiger partial charge in [0.05, 0.1) is 22.4 Å². The maximum Gasteiger partial charge on any atom is 0.234 e. The van der Waals surface area contributed by atoms with Gasteiger partial charge in [-0.1, -0.05) is 23.9 Å². The van der Waals surface area contributed by atoms with Crippen molar-refractivity contribution in [2.75, 3.05) is 16.8 Å². The van der Waals surface area contributed by atoms with Gasteiger partial charge in [0, 0.05) is 0 Å². The maximum absolute atomic E-state index is 12.0. The molecule has 0 unspecified atom stereocenters. The van der Waals surface area contributed by atoms with E-state index in [4.69, 9.17) is 11.0 Å². The Kier molecular flexibility index (Phi) is 4.41. The fourth-order valence-corrected chi connectivity index (χ4v) is 3.41. The Bertz CT molecular complexity index is 916. The summed E-state index contributed by atoms with van der Waals surface area (Å²) in [5.41, 5.74) is 6.79. The van der Waals surface area contributed by atoms with Crippen LogP contribution >= 0.6 is 23.1 Å². The Balaban J connectivity index is 1.67. The van der Waals surface area contributed by atoms with Crippen molar-refractivity contribution in [2.45, 2.75) is 5.16 Å². The normalized spacial score (nSPS) is 10.4. The number of rotatable bonds is 4. The topological polar surface area (TPSA) is 105 Å². The summed E-state index contributed by atoms with van der Waals surface area (Å²) in [6.45, 7) is 0. The SMILES string of the molecule is N#Cc1ccccc1NC(=O)CSc1nc(N)c2ccsc2n1. The number of anilines is 2. The third-order valence-electron chi connectivity index (χ3n) is 2.99. The Labute approximate surface area is 140 Å². The van der Waals surface area contributed by atoms with E-state index in [-0.39, 0.29) is 11.7 Å². The van der Waals surface area contributed by atoms with E-state index in [1.54, 1.807) is 24.3 Å². The third kappa shape index (κ3) is 3.41. The molecule has 114 valence electrons. The molecule has 0 spiro atoms. The second-order valence-corrected chi connectivity index (χ2v) is 6.36. The molecule has 1 amide bonds. The Morgan fingerprint density at radius 2 is 2.17 bits per heavy atom. The largest absolute Gasteiger partial charge is 0.383 e. The highest BCUT2D eigenvalue weighted by atomic mass is 32.2. The highest BCUT2D eigenvalue weighted by Gasteiger charge is 2.10. The van der Waals surface area contributed by atoms with Gasteiger partial charge in [0.25, 0.3) is 0 Å². The first-order valence-corrected chi connectivity index (χ1v) is 8.46. The summed E-state index contributed by atoms with van der Waals surface area (Å²) in [5.74, 6) is 0.316. The number of nitrogens with two attached hydrogens (primary N) is 1. The molecule has 0 atom stereocenters. The van der Waals surface area contributed by atoms with Crippen LogP contribution in [0.15, 0.2) is 40.9 Å². The molecule has 0 radical (unpaired) electrons. The number of hydrogen-bond acceptors (Lipinski definition) is 7. The number of hydrogen-bond donors (Lipinski definition) is 2. The smallest absolute Gasteiger partial charge is 0.234 e. The number of carbonyl (C=O) groups is 1. The lowest BCUT2D eigenvalue weighted by atomic mass is 10.2. The molecule has 0 aliphatic heterocycles. The molecule has 0 bridgehead atoms. The van der Waals surface area contributed by atoms with Crippen molar-refractivity contribution in [3.05, 3.63) is 41.3 Å². The van der Waals surface area contributed by atoms with Crippen molar-refractivity contribution in [2.24, 2.45) is 0 Å². The van der Waals surface area contributed by atoms with Crippen molar-refractivity contribution < 1.29 is 4.79 Å². The minimum atomic E-state index is -0.230. The second kappa shape index (κ2) is 6.64. The molecule has 0 aliphatic rings. The Morgan fingerprint density at radius 3 is 3.00 bits per heavy atom. The number of nitrogens with zero attached hydrogens (tertiary/aromatic N) is 3. The van der Waals surface area contributed by atoms with E-state index in [0.717, 1.165) is 10.2 Å². The first-order valence-electron chi connectivity index (χ1n) is 6.60. The first-order chi connectivity index (χ1) is 11.2. The number of benzene rings is 1. The van der Waals surface area contributed by atoms with E-state index in [1.807, 2.05) is 17.5 Å².